The van der Waals surface area contributed by atoms with E-state index in [1.54, 1.807) is 18.2 Å². The molecule has 0 amide bonds. The Kier molecular flexibility index (Phi) is 2.94. The van der Waals surface area contributed by atoms with Gasteiger partial charge in [-0.2, -0.15) is 0 Å². The van der Waals surface area contributed by atoms with Gasteiger partial charge in [0.15, 0.2) is 0 Å². The normalized spacial score (nSPS) is 14.3. The number of nitrogens with zero attached hydrogens (tertiary/aromatic N) is 2. The van der Waals surface area contributed by atoms with E-state index in [0.717, 1.165) is 6.42 Å². The molecule has 7 heteroatoms. The topological polar surface area (TPSA) is 102 Å². The average molecular weight is 273 g/mol. The summed E-state index contributed by atoms with van der Waals surface area (Å²) in [5.41, 5.74) is 0.976. The zero-order valence-corrected chi connectivity index (χ0v) is 10.5. The van der Waals surface area contributed by atoms with Gasteiger partial charge in [0.05, 0.1) is 16.2 Å². The molecule has 1 aromatic heterocycles. The lowest BCUT2D eigenvalue weighted by molar-refractivity contribution is -0.384. The van der Waals surface area contributed by atoms with Crippen molar-refractivity contribution >= 4 is 11.4 Å². The van der Waals surface area contributed by atoms with E-state index in [4.69, 9.17) is 4.52 Å². The molecule has 102 valence electrons. The zero-order valence-electron chi connectivity index (χ0n) is 10.5. The van der Waals surface area contributed by atoms with E-state index in [1.165, 1.54) is 6.07 Å². The molecular formula is C13H11N3O4. The quantitative estimate of drug-likeness (QED) is 0.683. The Hall–Kier alpha value is -2.70. The lowest BCUT2D eigenvalue weighted by Crippen LogP contribution is -2.10. The van der Waals surface area contributed by atoms with Gasteiger partial charge in [0.25, 0.3) is 5.69 Å². The van der Waals surface area contributed by atoms with E-state index in [0.29, 0.717) is 35.5 Å². The number of aliphatic imine (C=N–C) groups is 1. The summed E-state index contributed by atoms with van der Waals surface area (Å²) in [7, 11) is 0. The SMILES string of the molecule is O=c1o[nH]c(-c2ccccc2[N+](=O)[O-])c1C1=NCCC1. The number of H-pyrrole nitrogens is 1. The minimum Gasteiger partial charge on any atom is -0.338 e. The van der Waals surface area contributed by atoms with Crippen LogP contribution in [0.5, 0.6) is 0 Å². The number of nitro benzene ring substituents is 1. The predicted octanol–water partition coefficient (Wildman–Crippen LogP) is 2.13. The van der Waals surface area contributed by atoms with Crippen molar-refractivity contribution in [2.24, 2.45) is 4.99 Å². The second-order valence-electron chi connectivity index (χ2n) is 4.45. The number of hydrogen-bond donors (Lipinski definition) is 1. The third kappa shape index (κ3) is 1.93. The fourth-order valence-corrected chi connectivity index (χ4v) is 2.34. The molecule has 1 aliphatic rings. The molecule has 0 saturated heterocycles. The van der Waals surface area contributed by atoms with Crippen molar-refractivity contribution in [1.29, 1.82) is 0 Å². The van der Waals surface area contributed by atoms with Crippen LogP contribution in [0, 0.1) is 10.1 Å². The smallest absolute Gasteiger partial charge is 0.338 e. The Morgan fingerprint density at radius 1 is 1.35 bits per heavy atom. The standard InChI is InChI=1S/C13H11N3O4/c17-13-11(9-5-3-7-14-9)12(15-20-13)8-4-1-2-6-10(8)16(18)19/h1-2,4,6,15H,3,5,7H2. The first kappa shape index (κ1) is 12.3. The maximum Gasteiger partial charge on any atom is 0.366 e. The molecule has 20 heavy (non-hydrogen) atoms. The Balaban J connectivity index is 2.22. The fourth-order valence-electron chi connectivity index (χ4n) is 2.34. The monoisotopic (exact) mass is 273 g/mol. The molecule has 2 heterocycles. The summed E-state index contributed by atoms with van der Waals surface area (Å²) in [5.74, 6) is 0. The molecule has 1 aliphatic heterocycles. The number of aromatic amines is 1. The highest BCUT2D eigenvalue weighted by atomic mass is 16.6. The maximum atomic E-state index is 11.8. The highest BCUT2D eigenvalue weighted by molar-refractivity contribution is 6.06. The van der Waals surface area contributed by atoms with Crippen molar-refractivity contribution in [3.8, 4) is 11.3 Å². The van der Waals surface area contributed by atoms with Crippen molar-refractivity contribution in [1.82, 2.24) is 5.16 Å². The predicted molar refractivity (Wildman–Crippen MR) is 72.1 cm³/mol. The minimum absolute atomic E-state index is 0.0793. The number of nitrogens with one attached hydrogen (secondary N) is 1. The van der Waals surface area contributed by atoms with Crippen LogP contribution >= 0.6 is 0 Å². The second-order valence-corrected chi connectivity index (χ2v) is 4.45. The van der Waals surface area contributed by atoms with Crippen LogP contribution in [0.2, 0.25) is 0 Å². The van der Waals surface area contributed by atoms with Gasteiger partial charge >= 0.3 is 5.63 Å². The molecule has 7 nitrogen and oxygen atoms in total. The van der Waals surface area contributed by atoms with Crippen LogP contribution in [0.4, 0.5) is 5.69 Å². The molecule has 0 radical (unpaired) electrons. The summed E-state index contributed by atoms with van der Waals surface area (Å²) in [5, 5.41) is 13.6. The van der Waals surface area contributed by atoms with E-state index < -0.39 is 10.5 Å². The van der Waals surface area contributed by atoms with Gasteiger partial charge in [-0.25, -0.2) is 9.95 Å². The molecule has 0 saturated carbocycles. The third-order valence-electron chi connectivity index (χ3n) is 3.23. The van der Waals surface area contributed by atoms with Gasteiger partial charge in [-0.1, -0.05) is 12.1 Å². The highest BCUT2D eigenvalue weighted by Crippen LogP contribution is 2.30. The van der Waals surface area contributed by atoms with Crippen molar-refractivity contribution < 1.29 is 9.45 Å². The Morgan fingerprint density at radius 3 is 2.85 bits per heavy atom. The minimum atomic E-state index is -0.543. The van der Waals surface area contributed by atoms with Crippen molar-refractivity contribution in [2.45, 2.75) is 12.8 Å². The summed E-state index contributed by atoms with van der Waals surface area (Å²) in [6, 6.07) is 6.22. The summed E-state index contributed by atoms with van der Waals surface area (Å²) < 4.78 is 4.81. The van der Waals surface area contributed by atoms with Crippen LogP contribution in [0.15, 0.2) is 38.6 Å². The largest absolute Gasteiger partial charge is 0.366 e. The van der Waals surface area contributed by atoms with Crippen LogP contribution in [0.1, 0.15) is 18.4 Å². The first-order chi connectivity index (χ1) is 9.68. The lowest BCUT2D eigenvalue weighted by Gasteiger charge is -2.02. The molecule has 0 bridgehead atoms. The molecule has 0 fully saturated rings. The average Bonchev–Trinajstić information content (AvgIpc) is 3.07. The van der Waals surface area contributed by atoms with Crippen LogP contribution in [0.25, 0.3) is 11.3 Å². The maximum absolute atomic E-state index is 11.8. The van der Waals surface area contributed by atoms with Crippen LogP contribution in [-0.2, 0) is 0 Å². The van der Waals surface area contributed by atoms with E-state index in [9.17, 15) is 14.9 Å². The van der Waals surface area contributed by atoms with Crippen molar-refractivity contribution in [3.05, 3.63) is 50.4 Å². The van der Waals surface area contributed by atoms with Crippen LogP contribution in [-0.4, -0.2) is 22.3 Å². The van der Waals surface area contributed by atoms with E-state index in [1.807, 2.05) is 0 Å². The van der Waals surface area contributed by atoms with E-state index >= 15 is 0 Å². The highest BCUT2D eigenvalue weighted by Gasteiger charge is 2.25. The van der Waals surface area contributed by atoms with Crippen LogP contribution < -0.4 is 5.63 Å². The van der Waals surface area contributed by atoms with Gasteiger partial charge in [0, 0.05) is 12.6 Å². The summed E-state index contributed by atoms with van der Waals surface area (Å²) >= 11 is 0. The van der Waals surface area contributed by atoms with Crippen molar-refractivity contribution in [2.75, 3.05) is 6.54 Å². The summed E-state index contributed by atoms with van der Waals surface area (Å²) in [6.07, 6.45) is 1.55. The molecule has 0 atom stereocenters. The molecule has 2 aromatic rings. The molecule has 0 spiro atoms. The number of para-hydroxylation sites is 1. The molecule has 3 rings (SSSR count). The Morgan fingerprint density at radius 2 is 2.15 bits per heavy atom. The van der Waals surface area contributed by atoms with Gasteiger partial charge < -0.3 is 4.52 Å². The fraction of sp³-hybridized carbons (Fsp3) is 0.231. The van der Waals surface area contributed by atoms with E-state index in [-0.39, 0.29) is 5.69 Å². The Bertz CT molecular complexity index is 757. The van der Waals surface area contributed by atoms with Gasteiger partial charge in [-0.05, 0) is 18.9 Å². The summed E-state index contributed by atoms with van der Waals surface area (Å²) in [4.78, 5) is 26.7. The van der Waals surface area contributed by atoms with Gasteiger partial charge in [0.2, 0.25) is 0 Å². The molecule has 1 aromatic carbocycles. The number of hydrogen-bond acceptors (Lipinski definition) is 5. The first-order valence-corrected chi connectivity index (χ1v) is 6.17. The summed E-state index contributed by atoms with van der Waals surface area (Å²) in [6.45, 7) is 0.663. The Labute approximate surface area is 113 Å². The first-order valence-electron chi connectivity index (χ1n) is 6.17. The molecule has 0 aliphatic carbocycles. The third-order valence-corrected chi connectivity index (χ3v) is 3.23. The number of aromatic nitrogens is 1. The second kappa shape index (κ2) is 4.76. The number of rotatable bonds is 3. The van der Waals surface area contributed by atoms with Gasteiger partial charge in [-0.15, -0.1) is 0 Å². The number of benzene rings is 1. The molecule has 0 unspecified atom stereocenters. The van der Waals surface area contributed by atoms with Crippen LogP contribution in [0.3, 0.4) is 0 Å². The van der Waals surface area contributed by atoms with E-state index in [2.05, 4.69) is 10.1 Å². The molecular weight excluding hydrogens is 262 g/mol. The number of nitro groups is 1. The van der Waals surface area contributed by atoms with Crippen molar-refractivity contribution in [3.63, 3.8) is 0 Å². The zero-order chi connectivity index (χ0) is 14.1. The van der Waals surface area contributed by atoms with Gasteiger partial charge in [-0.3, -0.25) is 15.1 Å². The molecule has 1 N–H and O–H groups in total. The van der Waals surface area contributed by atoms with Gasteiger partial charge in [0.1, 0.15) is 11.3 Å². The lowest BCUT2D eigenvalue weighted by atomic mass is 10.0.